The average molecular weight is 487 g/mol. The molecule has 0 spiro atoms. The molecule has 2 aromatic rings. The molecule has 1 saturated heterocycles. The first-order chi connectivity index (χ1) is 14.5. The van der Waals surface area contributed by atoms with Crippen LogP contribution in [0.2, 0.25) is 0 Å². The van der Waals surface area contributed by atoms with Gasteiger partial charge in [-0.1, -0.05) is 42.5 Å². The highest BCUT2D eigenvalue weighted by Gasteiger charge is 2.39. The molecule has 0 saturated carbocycles. The molecule has 1 aliphatic heterocycles. The van der Waals surface area contributed by atoms with Gasteiger partial charge < -0.3 is 9.64 Å². The van der Waals surface area contributed by atoms with Crippen molar-refractivity contribution >= 4 is 28.9 Å². The lowest BCUT2D eigenvalue weighted by molar-refractivity contribution is 0.0972. The van der Waals surface area contributed by atoms with E-state index in [0.29, 0.717) is 24.1 Å². The molecule has 2 aliphatic rings. The Balaban J connectivity index is 0.00000272. The molecule has 31 heavy (non-hydrogen) atoms. The summed E-state index contributed by atoms with van der Waals surface area (Å²) in [4.78, 5) is 28.4. The average Bonchev–Trinajstić information content (AvgIpc) is 3.18. The Morgan fingerprint density at radius 2 is 1.84 bits per heavy atom. The van der Waals surface area contributed by atoms with E-state index in [1.54, 1.807) is 14.1 Å². The summed E-state index contributed by atoms with van der Waals surface area (Å²) in [7, 11) is 3.40. The number of ketones is 1. The molecule has 0 unspecified atom stereocenters. The van der Waals surface area contributed by atoms with Crippen LogP contribution in [-0.2, 0) is 6.42 Å². The van der Waals surface area contributed by atoms with Crippen LogP contribution in [0.15, 0.2) is 48.5 Å². The van der Waals surface area contributed by atoms with Gasteiger partial charge in [-0.15, -0.1) is 17.0 Å². The summed E-state index contributed by atoms with van der Waals surface area (Å²) >= 11 is 0. The van der Waals surface area contributed by atoms with Crippen molar-refractivity contribution in [2.24, 2.45) is 0 Å². The summed E-state index contributed by atoms with van der Waals surface area (Å²) in [6.07, 6.45) is 4.27. The van der Waals surface area contributed by atoms with Gasteiger partial charge in [-0.25, -0.2) is 4.79 Å². The normalized spacial score (nSPS) is 19.7. The van der Waals surface area contributed by atoms with Crippen LogP contribution in [0, 0.1) is 0 Å². The van der Waals surface area contributed by atoms with Crippen LogP contribution in [0.3, 0.4) is 0 Å². The van der Waals surface area contributed by atoms with E-state index < -0.39 is 0 Å². The van der Waals surface area contributed by atoms with E-state index in [2.05, 4.69) is 11.0 Å². The number of amides is 1. The summed E-state index contributed by atoms with van der Waals surface area (Å²) in [6.45, 7) is 2.03. The van der Waals surface area contributed by atoms with Crippen LogP contribution in [0.25, 0.3) is 0 Å². The van der Waals surface area contributed by atoms with Crippen LogP contribution >= 0.6 is 17.0 Å². The SMILES string of the molecule is Br.CN(C)C(=O)Oc1cccc2c1CC[C@@H]1[C@H]2CCN1CCCC(=O)c1ccccc1. The molecular weight excluding hydrogens is 456 g/mol. The second kappa shape index (κ2) is 10.4. The van der Waals surface area contributed by atoms with Gasteiger partial charge >= 0.3 is 6.09 Å². The van der Waals surface area contributed by atoms with Gasteiger partial charge in [0.2, 0.25) is 0 Å². The molecule has 1 fully saturated rings. The molecular formula is C25H31BrN2O3. The van der Waals surface area contributed by atoms with Crippen LogP contribution in [-0.4, -0.2) is 54.9 Å². The zero-order chi connectivity index (χ0) is 21.1. The Labute approximate surface area is 195 Å². The number of hydrogen-bond donors (Lipinski definition) is 0. The van der Waals surface area contributed by atoms with E-state index in [1.165, 1.54) is 16.0 Å². The molecule has 2 aromatic carbocycles. The zero-order valence-electron chi connectivity index (χ0n) is 18.3. The fourth-order valence-electron chi connectivity index (χ4n) is 4.92. The largest absolute Gasteiger partial charge is 0.414 e. The second-order valence-electron chi connectivity index (χ2n) is 8.52. The lowest BCUT2D eigenvalue weighted by Gasteiger charge is -2.34. The van der Waals surface area contributed by atoms with Crippen LogP contribution < -0.4 is 4.74 Å². The van der Waals surface area contributed by atoms with Gasteiger partial charge in [0, 0.05) is 38.0 Å². The van der Waals surface area contributed by atoms with Crippen molar-refractivity contribution in [2.45, 2.75) is 44.1 Å². The van der Waals surface area contributed by atoms with E-state index in [9.17, 15) is 9.59 Å². The summed E-state index contributed by atoms with van der Waals surface area (Å²) in [5, 5.41) is 0. The third-order valence-electron chi connectivity index (χ3n) is 6.43. The highest BCUT2D eigenvalue weighted by Crippen LogP contribution is 2.44. The number of hydrogen-bond acceptors (Lipinski definition) is 4. The van der Waals surface area contributed by atoms with Gasteiger partial charge in [-0.05, 0) is 56.0 Å². The highest BCUT2D eigenvalue weighted by molar-refractivity contribution is 8.93. The molecule has 1 amide bonds. The van der Waals surface area contributed by atoms with Crippen molar-refractivity contribution in [1.29, 1.82) is 0 Å². The minimum atomic E-state index is -0.332. The van der Waals surface area contributed by atoms with Gasteiger partial charge in [0.15, 0.2) is 5.78 Å². The van der Waals surface area contributed by atoms with E-state index in [-0.39, 0.29) is 28.9 Å². The fourth-order valence-corrected chi connectivity index (χ4v) is 4.92. The summed E-state index contributed by atoms with van der Waals surface area (Å²) in [6, 6.07) is 16.2. The fraction of sp³-hybridized carbons (Fsp3) is 0.440. The zero-order valence-corrected chi connectivity index (χ0v) is 20.0. The maximum atomic E-state index is 12.4. The molecule has 4 rings (SSSR count). The number of nitrogens with zero attached hydrogens (tertiary/aromatic N) is 2. The lowest BCUT2D eigenvalue weighted by atomic mass is 9.79. The number of carbonyl (C=O) groups excluding carboxylic acids is 2. The Morgan fingerprint density at radius 3 is 2.58 bits per heavy atom. The summed E-state index contributed by atoms with van der Waals surface area (Å²) in [5.74, 6) is 1.42. The number of fused-ring (bicyclic) bond motifs is 3. The Bertz CT molecular complexity index is 916. The number of halogens is 1. The van der Waals surface area contributed by atoms with Crippen molar-refractivity contribution < 1.29 is 14.3 Å². The highest BCUT2D eigenvalue weighted by atomic mass is 79.9. The molecule has 0 N–H and O–H groups in total. The maximum absolute atomic E-state index is 12.4. The predicted octanol–water partition coefficient (Wildman–Crippen LogP) is 5.09. The number of carbonyl (C=O) groups is 2. The molecule has 5 nitrogen and oxygen atoms in total. The molecule has 1 aliphatic carbocycles. The van der Waals surface area contributed by atoms with Crippen LogP contribution in [0.5, 0.6) is 5.75 Å². The minimum Gasteiger partial charge on any atom is -0.410 e. The van der Waals surface area contributed by atoms with E-state index in [4.69, 9.17) is 4.74 Å². The van der Waals surface area contributed by atoms with E-state index >= 15 is 0 Å². The standard InChI is InChI=1S/C25H30N2O3.BrH/c1-26(2)25(29)30-24-12-6-10-19-20-15-17-27(22(20)14-13-21(19)24)16-7-11-23(28)18-8-4-3-5-9-18;/h3-6,8-10,12,20,22H,7,11,13-17H2,1-2H3;1H/t20-,22+;/m0./s1. The number of ether oxygens (including phenoxy) is 1. The third-order valence-corrected chi connectivity index (χ3v) is 6.43. The Hall–Kier alpha value is -2.18. The second-order valence-corrected chi connectivity index (χ2v) is 8.52. The number of Topliss-reactive ketones (excluding diaryl/α,β-unsaturated/α-hetero) is 1. The van der Waals surface area contributed by atoms with Crippen LogP contribution in [0.1, 0.15) is 53.1 Å². The first kappa shape index (κ1) is 23.5. The molecule has 1 heterocycles. The van der Waals surface area contributed by atoms with Crippen molar-refractivity contribution in [3.63, 3.8) is 0 Å². The van der Waals surface area contributed by atoms with Crippen molar-refractivity contribution in [3.8, 4) is 5.75 Å². The molecule has 0 radical (unpaired) electrons. The lowest BCUT2D eigenvalue weighted by Crippen LogP contribution is -2.36. The van der Waals surface area contributed by atoms with Crippen molar-refractivity contribution in [3.05, 3.63) is 65.2 Å². The van der Waals surface area contributed by atoms with Crippen LogP contribution in [0.4, 0.5) is 4.79 Å². The van der Waals surface area contributed by atoms with Gasteiger partial charge in [0.05, 0.1) is 0 Å². The van der Waals surface area contributed by atoms with Gasteiger partial charge in [-0.2, -0.15) is 0 Å². The summed E-state index contributed by atoms with van der Waals surface area (Å²) in [5.41, 5.74) is 3.33. The molecule has 6 heteroatoms. The van der Waals surface area contributed by atoms with Gasteiger partial charge in [0.1, 0.15) is 5.75 Å². The van der Waals surface area contributed by atoms with E-state index in [1.807, 2.05) is 42.5 Å². The molecule has 0 bridgehead atoms. The Morgan fingerprint density at radius 1 is 1.06 bits per heavy atom. The third kappa shape index (κ3) is 5.18. The first-order valence-electron chi connectivity index (χ1n) is 10.9. The minimum absolute atomic E-state index is 0. The quantitative estimate of drug-likeness (QED) is 0.533. The van der Waals surface area contributed by atoms with E-state index in [0.717, 1.165) is 44.3 Å². The molecule has 166 valence electrons. The summed E-state index contributed by atoms with van der Waals surface area (Å²) < 4.78 is 5.62. The first-order valence-corrected chi connectivity index (χ1v) is 10.9. The monoisotopic (exact) mass is 486 g/mol. The molecule has 2 atom stereocenters. The smallest absolute Gasteiger partial charge is 0.410 e. The van der Waals surface area contributed by atoms with Crippen molar-refractivity contribution in [2.75, 3.05) is 27.2 Å². The topological polar surface area (TPSA) is 49.9 Å². The number of likely N-dealkylation sites (tertiary alicyclic amines) is 1. The van der Waals surface area contributed by atoms with Gasteiger partial charge in [0.25, 0.3) is 0 Å². The maximum Gasteiger partial charge on any atom is 0.414 e. The van der Waals surface area contributed by atoms with Crippen molar-refractivity contribution in [1.82, 2.24) is 9.80 Å². The Kier molecular flexibility index (Phi) is 7.89. The van der Waals surface area contributed by atoms with Gasteiger partial charge in [-0.3, -0.25) is 9.69 Å². The number of rotatable bonds is 6. The predicted molar refractivity (Wildman–Crippen MR) is 128 cm³/mol. The number of benzene rings is 2. The molecule has 0 aromatic heterocycles.